The normalized spacial score (nSPS) is 16.3. The van der Waals surface area contributed by atoms with Crippen molar-refractivity contribution in [3.8, 4) is 11.1 Å². The van der Waals surface area contributed by atoms with Crippen LogP contribution in [0.3, 0.4) is 0 Å². The highest BCUT2D eigenvalue weighted by Gasteiger charge is 2.20. The van der Waals surface area contributed by atoms with Crippen molar-refractivity contribution in [3.63, 3.8) is 0 Å². The molecule has 0 spiro atoms. The number of ether oxygens (including phenoxy) is 1. The van der Waals surface area contributed by atoms with E-state index in [0.717, 1.165) is 79.5 Å². The summed E-state index contributed by atoms with van der Waals surface area (Å²) in [6, 6.07) is 18.9. The third-order valence-electron chi connectivity index (χ3n) is 7.14. The van der Waals surface area contributed by atoms with Crippen LogP contribution in [0.25, 0.3) is 22.0 Å². The fraction of sp³-hybridized carbons (Fsp3) is 0.345. The zero-order valence-electron chi connectivity index (χ0n) is 21.3. The monoisotopic (exact) mass is 495 g/mol. The van der Waals surface area contributed by atoms with Gasteiger partial charge in [-0.05, 0) is 50.1 Å². The predicted molar refractivity (Wildman–Crippen MR) is 149 cm³/mol. The van der Waals surface area contributed by atoms with Crippen molar-refractivity contribution in [1.82, 2.24) is 20.0 Å². The first kappa shape index (κ1) is 23.6. The Morgan fingerprint density at radius 1 is 0.919 bits per heavy atom. The molecule has 2 fully saturated rings. The van der Waals surface area contributed by atoms with Crippen molar-refractivity contribution >= 4 is 34.0 Å². The van der Waals surface area contributed by atoms with E-state index >= 15 is 0 Å². The van der Waals surface area contributed by atoms with E-state index in [0.29, 0.717) is 5.95 Å². The number of nitrogens with one attached hydrogen (secondary N) is 1. The molecule has 1 N–H and O–H groups in total. The van der Waals surface area contributed by atoms with Crippen molar-refractivity contribution in [1.29, 1.82) is 0 Å². The van der Waals surface area contributed by atoms with Gasteiger partial charge in [-0.3, -0.25) is 5.01 Å². The van der Waals surface area contributed by atoms with E-state index in [1.807, 2.05) is 18.5 Å². The number of hydrazine groups is 1. The molecule has 0 atom stereocenters. The summed E-state index contributed by atoms with van der Waals surface area (Å²) in [6.45, 7) is 8.62. The molecule has 2 aromatic carbocycles. The van der Waals surface area contributed by atoms with E-state index in [4.69, 9.17) is 14.7 Å². The number of hydrogen-bond donors (Lipinski definition) is 1. The molecule has 0 radical (unpaired) electrons. The Morgan fingerprint density at radius 3 is 2.54 bits per heavy atom. The Bertz CT molecular complexity index is 1350. The van der Waals surface area contributed by atoms with Crippen molar-refractivity contribution < 1.29 is 4.74 Å². The summed E-state index contributed by atoms with van der Waals surface area (Å²) in [4.78, 5) is 16.7. The van der Waals surface area contributed by atoms with E-state index in [2.05, 4.69) is 80.7 Å². The number of nitrogens with zero attached hydrogens (tertiary/aromatic N) is 6. The lowest BCUT2D eigenvalue weighted by molar-refractivity contribution is 0.122. The van der Waals surface area contributed by atoms with Crippen LogP contribution in [0.1, 0.15) is 19.8 Å². The molecule has 190 valence electrons. The largest absolute Gasteiger partial charge is 0.378 e. The molecular formula is C29H33N7O. The second-order valence-electron chi connectivity index (χ2n) is 9.49. The van der Waals surface area contributed by atoms with Gasteiger partial charge in [0.2, 0.25) is 5.95 Å². The fourth-order valence-electron chi connectivity index (χ4n) is 5.23. The molecule has 6 rings (SSSR count). The summed E-state index contributed by atoms with van der Waals surface area (Å²) in [5.74, 6) is 1.57. The van der Waals surface area contributed by atoms with Gasteiger partial charge in [-0.1, -0.05) is 24.3 Å². The topological polar surface area (TPSA) is 69.7 Å². The van der Waals surface area contributed by atoms with Gasteiger partial charge in [0, 0.05) is 73.0 Å². The van der Waals surface area contributed by atoms with Crippen LogP contribution in [0.15, 0.2) is 67.0 Å². The van der Waals surface area contributed by atoms with Gasteiger partial charge in [0.05, 0.1) is 18.7 Å². The van der Waals surface area contributed by atoms with E-state index in [-0.39, 0.29) is 0 Å². The zero-order valence-corrected chi connectivity index (χ0v) is 21.3. The third kappa shape index (κ3) is 5.08. The molecule has 8 heteroatoms. The number of hydrogen-bond acceptors (Lipinski definition) is 8. The first-order valence-corrected chi connectivity index (χ1v) is 13.2. The second kappa shape index (κ2) is 10.7. The molecule has 2 aliphatic heterocycles. The van der Waals surface area contributed by atoms with E-state index < -0.39 is 0 Å². The van der Waals surface area contributed by atoms with Crippen LogP contribution in [0.2, 0.25) is 0 Å². The minimum absolute atomic E-state index is 0.579. The molecular weight excluding hydrogens is 462 g/mol. The summed E-state index contributed by atoms with van der Waals surface area (Å²) < 4.78 is 5.50. The quantitative estimate of drug-likeness (QED) is 0.379. The average molecular weight is 496 g/mol. The minimum Gasteiger partial charge on any atom is -0.378 e. The highest BCUT2D eigenvalue weighted by Crippen LogP contribution is 2.30. The van der Waals surface area contributed by atoms with Gasteiger partial charge >= 0.3 is 0 Å². The molecule has 2 aromatic heterocycles. The van der Waals surface area contributed by atoms with Gasteiger partial charge in [0.25, 0.3) is 0 Å². The standard InChI is InChI=1S/C29H33N7O/c1-2-36(35-13-3-4-14-35)27-12-11-22(20-30-27)26-10-5-7-23-21-31-29(33-28(23)26)32-24-8-6-9-25(19-24)34-15-17-37-18-16-34/h5-12,19-21H,2-4,13-18H2,1H3,(H,31,32,33). The van der Waals surface area contributed by atoms with Crippen molar-refractivity contribution in [2.24, 2.45) is 0 Å². The number of morpholine rings is 1. The summed E-state index contributed by atoms with van der Waals surface area (Å²) >= 11 is 0. The van der Waals surface area contributed by atoms with Crippen LogP contribution < -0.4 is 15.2 Å². The Morgan fingerprint density at radius 2 is 1.76 bits per heavy atom. The predicted octanol–water partition coefficient (Wildman–Crippen LogP) is 5.11. The van der Waals surface area contributed by atoms with Gasteiger partial charge in [-0.2, -0.15) is 0 Å². The summed E-state index contributed by atoms with van der Waals surface area (Å²) in [5, 5.41) is 9.10. The summed E-state index contributed by atoms with van der Waals surface area (Å²) in [6.07, 6.45) is 6.34. The number of benzene rings is 2. The Balaban J connectivity index is 1.26. The minimum atomic E-state index is 0.579. The highest BCUT2D eigenvalue weighted by molar-refractivity contribution is 5.93. The maximum Gasteiger partial charge on any atom is 0.227 e. The highest BCUT2D eigenvalue weighted by atomic mass is 16.5. The molecule has 0 saturated carbocycles. The maximum absolute atomic E-state index is 5.50. The second-order valence-corrected chi connectivity index (χ2v) is 9.49. The molecule has 37 heavy (non-hydrogen) atoms. The van der Waals surface area contributed by atoms with Crippen molar-refractivity contribution in [2.45, 2.75) is 19.8 Å². The third-order valence-corrected chi connectivity index (χ3v) is 7.14. The molecule has 2 aliphatic rings. The number of aromatic nitrogens is 3. The van der Waals surface area contributed by atoms with Crippen LogP contribution in [0, 0.1) is 0 Å². The first-order valence-electron chi connectivity index (χ1n) is 13.2. The van der Waals surface area contributed by atoms with Crippen LogP contribution in [-0.2, 0) is 4.74 Å². The van der Waals surface area contributed by atoms with Crippen LogP contribution in [0.4, 0.5) is 23.1 Å². The Kier molecular flexibility index (Phi) is 6.84. The lowest BCUT2D eigenvalue weighted by Gasteiger charge is -2.31. The fourth-order valence-corrected chi connectivity index (χ4v) is 5.23. The first-order chi connectivity index (χ1) is 18.3. The lowest BCUT2D eigenvalue weighted by Crippen LogP contribution is -2.41. The van der Waals surface area contributed by atoms with Gasteiger partial charge < -0.3 is 15.0 Å². The van der Waals surface area contributed by atoms with E-state index in [9.17, 15) is 0 Å². The number of pyridine rings is 1. The van der Waals surface area contributed by atoms with Crippen molar-refractivity contribution in [2.75, 3.05) is 61.2 Å². The smallest absolute Gasteiger partial charge is 0.227 e. The molecule has 2 saturated heterocycles. The molecule has 0 bridgehead atoms. The molecule has 0 amide bonds. The SMILES string of the molecule is CCN(c1ccc(-c2cccc3cnc(Nc4cccc(N5CCOCC5)c4)nc23)cn1)N1CCCC1. The average Bonchev–Trinajstić information content (AvgIpc) is 3.49. The summed E-state index contributed by atoms with van der Waals surface area (Å²) in [5.41, 5.74) is 5.15. The zero-order chi connectivity index (χ0) is 25.0. The van der Waals surface area contributed by atoms with Crippen LogP contribution in [0.5, 0.6) is 0 Å². The van der Waals surface area contributed by atoms with Gasteiger partial charge in [0.1, 0.15) is 5.82 Å². The van der Waals surface area contributed by atoms with Gasteiger partial charge in [-0.15, -0.1) is 0 Å². The number of rotatable bonds is 7. The number of fused-ring (bicyclic) bond motifs is 1. The summed E-state index contributed by atoms with van der Waals surface area (Å²) in [7, 11) is 0. The maximum atomic E-state index is 5.50. The van der Waals surface area contributed by atoms with Crippen LogP contribution >= 0.6 is 0 Å². The molecule has 0 aliphatic carbocycles. The van der Waals surface area contributed by atoms with E-state index in [1.165, 1.54) is 18.5 Å². The Hall–Kier alpha value is -3.75. The van der Waals surface area contributed by atoms with Crippen LogP contribution in [-0.4, -0.2) is 65.9 Å². The molecule has 4 heterocycles. The molecule has 8 nitrogen and oxygen atoms in total. The number of para-hydroxylation sites is 1. The van der Waals surface area contributed by atoms with E-state index in [1.54, 1.807) is 0 Å². The van der Waals surface area contributed by atoms with Gasteiger partial charge in [-0.25, -0.2) is 20.0 Å². The molecule has 0 unspecified atom stereocenters. The lowest BCUT2D eigenvalue weighted by atomic mass is 10.0. The molecule has 4 aromatic rings. The van der Waals surface area contributed by atoms with Crippen molar-refractivity contribution in [3.05, 3.63) is 67.0 Å². The Labute approximate surface area is 217 Å². The number of anilines is 4. The van der Waals surface area contributed by atoms with Gasteiger partial charge in [0.15, 0.2) is 0 Å².